The molecule has 2 aliphatic heterocycles. The predicted octanol–water partition coefficient (Wildman–Crippen LogP) is 7.51. The molecule has 2 aliphatic rings. The number of anilines is 3. The van der Waals surface area contributed by atoms with Gasteiger partial charge in [0.25, 0.3) is 0 Å². The number of halogens is 1. The predicted molar refractivity (Wildman–Crippen MR) is 150 cm³/mol. The van der Waals surface area contributed by atoms with Gasteiger partial charge >= 0.3 is 5.97 Å². The lowest BCUT2D eigenvalue weighted by molar-refractivity contribution is 0.0224. The molecule has 6 rings (SSSR count). The van der Waals surface area contributed by atoms with E-state index in [1.165, 1.54) is 0 Å². The highest BCUT2D eigenvalue weighted by Crippen LogP contribution is 2.57. The molecule has 0 amide bonds. The molecule has 0 aromatic heterocycles. The number of rotatable bonds is 6. The van der Waals surface area contributed by atoms with Crippen LogP contribution in [0.25, 0.3) is 0 Å². The summed E-state index contributed by atoms with van der Waals surface area (Å²) in [5.41, 5.74) is 4.18. The van der Waals surface area contributed by atoms with Crippen LogP contribution in [0.5, 0.6) is 17.2 Å². The highest BCUT2D eigenvalue weighted by atomic mass is 35.5. The third-order valence-corrected chi connectivity index (χ3v) is 7.60. The Labute approximate surface area is 226 Å². The van der Waals surface area contributed by atoms with Crippen molar-refractivity contribution in [2.75, 3.05) is 30.4 Å². The van der Waals surface area contributed by atoms with E-state index in [2.05, 4.69) is 30.1 Å². The van der Waals surface area contributed by atoms with Crippen molar-refractivity contribution in [2.45, 2.75) is 19.4 Å². The molecule has 4 aromatic rings. The normalized spacial score (nSPS) is 16.7. The van der Waals surface area contributed by atoms with Crippen LogP contribution in [0.2, 0.25) is 5.02 Å². The van der Waals surface area contributed by atoms with Gasteiger partial charge in [-0.15, -0.1) is 0 Å². The fourth-order valence-corrected chi connectivity index (χ4v) is 5.59. The molecule has 2 heterocycles. The fraction of sp³-hybridized carbons (Fsp3) is 0.194. The van der Waals surface area contributed by atoms with E-state index in [1.54, 1.807) is 19.2 Å². The van der Waals surface area contributed by atoms with E-state index in [1.807, 2.05) is 60.7 Å². The quantitative estimate of drug-likeness (QED) is 0.262. The van der Waals surface area contributed by atoms with Gasteiger partial charge in [-0.1, -0.05) is 29.8 Å². The van der Waals surface area contributed by atoms with E-state index in [-0.39, 0.29) is 5.97 Å². The number of carbonyl (C=O) groups is 1. The van der Waals surface area contributed by atoms with E-state index in [9.17, 15) is 4.79 Å². The van der Waals surface area contributed by atoms with E-state index in [0.717, 1.165) is 41.3 Å². The maximum atomic E-state index is 13.2. The summed E-state index contributed by atoms with van der Waals surface area (Å²) in [7, 11) is 1.63. The van der Waals surface area contributed by atoms with Crippen LogP contribution in [0, 0.1) is 0 Å². The number of fused-ring (bicyclic) bond motifs is 6. The van der Waals surface area contributed by atoms with Gasteiger partial charge in [0, 0.05) is 53.3 Å². The van der Waals surface area contributed by atoms with Crippen LogP contribution < -0.4 is 19.7 Å². The first-order valence-electron chi connectivity index (χ1n) is 12.6. The molecule has 1 atom stereocenters. The number of esters is 1. The minimum Gasteiger partial charge on any atom is -0.497 e. The molecule has 0 bridgehead atoms. The van der Waals surface area contributed by atoms with Crippen LogP contribution in [0.15, 0.2) is 78.9 Å². The summed E-state index contributed by atoms with van der Waals surface area (Å²) in [4.78, 5) is 15.5. The monoisotopic (exact) mass is 526 g/mol. The summed E-state index contributed by atoms with van der Waals surface area (Å²) in [5.74, 6) is 1.57. The van der Waals surface area contributed by atoms with Crippen molar-refractivity contribution >= 4 is 34.6 Å². The first-order valence-corrected chi connectivity index (χ1v) is 13.0. The number of nitrogens with zero attached hydrogens (tertiary/aromatic N) is 1. The van der Waals surface area contributed by atoms with Crippen molar-refractivity contribution < 1.29 is 19.0 Å². The standard InChI is InChI=1S/C31H27ClN2O4/c1-4-34(5-2)20-12-15-24-28(16-20)37-29-18-26(32)27(33-19-10-13-21(36-3)14-11-19)17-25(29)31(24)23-9-7-6-8-22(23)30(35)38-31/h6-18,33H,4-5H2,1-3H3. The number of hydrogen-bond donors (Lipinski definition) is 1. The lowest BCUT2D eigenvalue weighted by atomic mass is 9.77. The van der Waals surface area contributed by atoms with Gasteiger partial charge in [-0.25, -0.2) is 4.79 Å². The van der Waals surface area contributed by atoms with Gasteiger partial charge in [0.15, 0.2) is 5.60 Å². The Morgan fingerprint density at radius 3 is 2.37 bits per heavy atom. The molecule has 7 heteroatoms. The molecule has 0 saturated carbocycles. The summed E-state index contributed by atoms with van der Waals surface area (Å²) in [6.07, 6.45) is 0. The first-order chi connectivity index (χ1) is 18.5. The zero-order valence-corrected chi connectivity index (χ0v) is 22.1. The second-order valence-corrected chi connectivity index (χ2v) is 9.66. The maximum absolute atomic E-state index is 13.2. The van der Waals surface area contributed by atoms with Crippen molar-refractivity contribution in [2.24, 2.45) is 0 Å². The summed E-state index contributed by atoms with van der Waals surface area (Å²) in [6.45, 7) is 5.96. The Morgan fingerprint density at radius 2 is 1.63 bits per heavy atom. The van der Waals surface area contributed by atoms with E-state index >= 15 is 0 Å². The zero-order valence-electron chi connectivity index (χ0n) is 21.4. The largest absolute Gasteiger partial charge is 0.497 e. The summed E-state index contributed by atoms with van der Waals surface area (Å²) < 4.78 is 18.1. The van der Waals surface area contributed by atoms with Gasteiger partial charge in [0.2, 0.25) is 0 Å². The third kappa shape index (κ3) is 3.67. The first kappa shape index (κ1) is 24.2. The SMILES string of the molecule is CCN(CC)c1ccc2c(c1)Oc1cc(Cl)c(Nc3ccc(OC)cc3)cc1C21OC(=O)c2ccccc21. The summed E-state index contributed by atoms with van der Waals surface area (Å²) in [6, 6.07) is 24.9. The number of hydrogen-bond acceptors (Lipinski definition) is 6. The van der Waals surface area contributed by atoms with Crippen LogP contribution in [0.1, 0.15) is 40.9 Å². The Kier molecular flexibility index (Phi) is 5.92. The van der Waals surface area contributed by atoms with E-state index < -0.39 is 5.60 Å². The molecule has 6 nitrogen and oxygen atoms in total. The third-order valence-electron chi connectivity index (χ3n) is 7.28. The molecule has 192 valence electrons. The molecule has 1 unspecified atom stereocenters. The fourth-order valence-electron chi connectivity index (χ4n) is 5.39. The van der Waals surface area contributed by atoms with Crippen molar-refractivity contribution in [3.8, 4) is 17.2 Å². The highest BCUT2D eigenvalue weighted by Gasteiger charge is 2.53. The second kappa shape index (κ2) is 9.30. The molecule has 0 saturated heterocycles. The van der Waals surface area contributed by atoms with Crippen molar-refractivity contribution in [3.05, 3.63) is 106 Å². The lowest BCUT2D eigenvalue weighted by Gasteiger charge is -2.37. The van der Waals surface area contributed by atoms with Gasteiger partial charge in [0.05, 0.1) is 23.4 Å². The number of methoxy groups -OCH3 is 1. The smallest absolute Gasteiger partial charge is 0.340 e. The molecule has 1 N–H and O–H groups in total. The number of nitrogens with one attached hydrogen (secondary N) is 1. The topological polar surface area (TPSA) is 60.0 Å². The second-order valence-electron chi connectivity index (χ2n) is 9.25. The minimum absolute atomic E-state index is 0.369. The van der Waals surface area contributed by atoms with Crippen LogP contribution in [0.4, 0.5) is 17.1 Å². The minimum atomic E-state index is -1.17. The Hall–Kier alpha value is -4.16. The summed E-state index contributed by atoms with van der Waals surface area (Å²) in [5, 5.41) is 3.87. The van der Waals surface area contributed by atoms with Gasteiger partial charge in [-0.05, 0) is 62.4 Å². The molecule has 38 heavy (non-hydrogen) atoms. The number of ether oxygens (including phenoxy) is 3. The van der Waals surface area contributed by atoms with Crippen molar-refractivity contribution in [1.82, 2.24) is 0 Å². The van der Waals surface area contributed by atoms with E-state index in [0.29, 0.717) is 33.3 Å². The Morgan fingerprint density at radius 1 is 0.895 bits per heavy atom. The average molecular weight is 527 g/mol. The highest BCUT2D eigenvalue weighted by molar-refractivity contribution is 6.33. The Balaban J connectivity index is 1.54. The van der Waals surface area contributed by atoms with E-state index in [4.69, 9.17) is 25.8 Å². The van der Waals surface area contributed by atoms with Crippen LogP contribution in [-0.4, -0.2) is 26.2 Å². The van der Waals surface area contributed by atoms with Gasteiger partial charge in [0.1, 0.15) is 17.2 Å². The molecular formula is C31H27ClN2O4. The average Bonchev–Trinajstić information content (AvgIpc) is 3.23. The lowest BCUT2D eigenvalue weighted by Crippen LogP contribution is -2.33. The molecule has 0 aliphatic carbocycles. The maximum Gasteiger partial charge on any atom is 0.340 e. The molecule has 0 fully saturated rings. The molecular weight excluding hydrogens is 500 g/mol. The number of carbonyl (C=O) groups excluding carboxylic acids is 1. The van der Waals surface area contributed by atoms with Crippen molar-refractivity contribution in [1.29, 1.82) is 0 Å². The van der Waals surface area contributed by atoms with Gasteiger partial charge in [-0.3, -0.25) is 0 Å². The van der Waals surface area contributed by atoms with Crippen LogP contribution in [-0.2, 0) is 10.3 Å². The molecule has 0 radical (unpaired) electrons. The Bertz CT molecular complexity index is 1550. The van der Waals surface area contributed by atoms with Crippen LogP contribution >= 0.6 is 11.6 Å². The van der Waals surface area contributed by atoms with Crippen molar-refractivity contribution in [3.63, 3.8) is 0 Å². The number of benzene rings is 4. The molecule has 4 aromatic carbocycles. The zero-order chi connectivity index (χ0) is 26.4. The molecule has 1 spiro atoms. The van der Waals surface area contributed by atoms with Gasteiger partial charge in [-0.2, -0.15) is 0 Å². The summed E-state index contributed by atoms with van der Waals surface area (Å²) >= 11 is 6.76. The van der Waals surface area contributed by atoms with Crippen LogP contribution in [0.3, 0.4) is 0 Å². The van der Waals surface area contributed by atoms with Gasteiger partial charge < -0.3 is 24.4 Å².